The number of methoxy groups -OCH3 is 1. The fourth-order valence-electron chi connectivity index (χ4n) is 4.17. The van der Waals surface area contributed by atoms with Crippen LogP contribution >= 0.6 is 12.4 Å². The number of aromatic amines is 1. The molecule has 1 aromatic heterocycles. The van der Waals surface area contributed by atoms with Crippen LogP contribution in [0.1, 0.15) is 28.3 Å². The molecule has 0 amide bonds. The number of hydrogen-bond donors (Lipinski definition) is 2. The van der Waals surface area contributed by atoms with E-state index in [1.54, 1.807) is 6.07 Å². The van der Waals surface area contributed by atoms with Gasteiger partial charge < -0.3 is 9.72 Å². The Bertz CT molecular complexity index is 1260. The first kappa shape index (κ1) is 26.3. The number of carbonyl (C=O) groups excluding carboxylic acids is 1. The van der Waals surface area contributed by atoms with E-state index in [0.717, 1.165) is 34.2 Å². The van der Waals surface area contributed by atoms with Crippen molar-refractivity contribution >= 4 is 29.3 Å². The van der Waals surface area contributed by atoms with E-state index in [1.807, 2.05) is 60.8 Å². The number of ether oxygens (including phenoxy) is 1. The first-order valence-corrected chi connectivity index (χ1v) is 10.9. The first-order chi connectivity index (χ1) is 16.3. The van der Waals surface area contributed by atoms with Crippen molar-refractivity contribution < 1.29 is 22.7 Å². The fraction of sp³-hybridized carbons (Fsp3) is 0.222. The Balaban J connectivity index is 0.00000342. The van der Waals surface area contributed by atoms with E-state index in [1.165, 1.54) is 13.2 Å². The first-order valence-electron chi connectivity index (χ1n) is 10.9. The predicted octanol–water partition coefficient (Wildman–Crippen LogP) is 6.27. The minimum Gasteiger partial charge on any atom is -0.468 e. The molecule has 4 aromatic rings. The molecule has 2 N–H and O–H groups in total. The molecule has 4 rings (SSSR count). The third-order valence-corrected chi connectivity index (χ3v) is 5.89. The lowest BCUT2D eigenvalue weighted by molar-refractivity contribution is -0.143. The van der Waals surface area contributed by atoms with Gasteiger partial charge in [-0.25, -0.2) is 0 Å². The van der Waals surface area contributed by atoms with Crippen molar-refractivity contribution in [2.45, 2.75) is 31.1 Å². The second-order valence-electron chi connectivity index (χ2n) is 8.17. The summed E-state index contributed by atoms with van der Waals surface area (Å²) in [4.78, 5) is 15.9. The largest absolute Gasteiger partial charge is 0.468 e. The van der Waals surface area contributed by atoms with Crippen LogP contribution in [0.3, 0.4) is 0 Å². The van der Waals surface area contributed by atoms with Crippen LogP contribution in [-0.4, -0.2) is 24.1 Å². The number of alkyl halides is 3. The summed E-state index contributed by atoms with van der Waals surface area (Å²) in [6.45, 7) is 0. The van der Waals surface area contributed by atoms with Gasteiger partial charge in [0.15, 0.2) is 0 Å². The van der Waals surface area contributed by atoms with Gasteiger partial charge in [0, 0.05) is 29.6 Å². The zero-order valence-corrected chi connectivity index (χ0v) is 19.8. The average molecular weight is 503 g/mol. The Kier molecular flexibility index (Phi) is 8.59. The molecule has 1 unspecified atom stereocenters. The van der Waals surface area contributed by atoms with E-state index in [0.29, 0.717) is 18.4 Å². The predicted molar refractivity (Wildman–Crippen MR) is 133 cm³/mol. The molecule has 0 aliphatic rings. The van der Waals surface area contributed by atoms with Crippen molar-refractivity contribution in [1.82, 2.24) is 10.3 Å². The van der Waals surface area contributed by atoms with Crippen molar-refractivity contribution in [1.29, 1.82) is 0 Å². The van der Waals surface area contributed by atoms with Crippen LogP contribution < -0.4 is 5.32 Å². The van der Waals surface area contributed by atoms with Crippen molar-refractivity contribution in [2.24, 2.45) is 0 Å². The van der Waals surface area contributed by atoms with Crippen LogP contribution in [0.25, 0.3) is 10.9 Å². The number of fused-ring (bicyclic) bond motifs is 1. The standard InChI is InChI=1S/C27H25F3N2O2.ClH/c1-34-26(33)25(16-20-17-31-23-13-6-5-12-22(20)23)32-24(14-18-8-3-2-4-9-18)19-10-7-11-21(15-19)27(28,29)30;/h2-13,15,17,24-25,31-32H,14,16H2,1H3;1H/t24?,25-;/m0./s1. The monoisotopic (exact) mass is 502 g/mol. The number of rotatable bonds is 8. The summed E-state index contributed by atoms with van der Waals surface area (Å²) >= 11 is 0. The number of carbonyl (C=O) groups is 1. The van der Waals surface area contributed by atoms with Gasteiger partial charge in [-0.2, -0.15) is 13.2 Å². The second-order valence-corrected chi connectivity index (χ2v) is 8.17. The highest BCUT2D eigenvalue weighted by molar-refractivity contribution is 5.85. The SMILES string of the molecule is COC(=O)[C@H](Cc1c[nH]c2ccccc12)NC(Cc1ccccc1)c1cccc(C(F)(F)F)c1.Cl. The molecule has 0 bridgehead atoms. The number of benzene rings is 3. The van der Waals surface area contributed by atoms with E-state index >= 15 is 0 Å². The molecule has 0 fully saturated rings. The van der Waals surface area contributed by atoms with E-state index in [9.17, 15) is 18.0 Å². The lowest BCUT2D eigenvalue weighted by Gasteiger charge is -2.25. The number of para-hydroxylation sites is 1. The quantitative estimate of drug-likeness (QED) is 0.279. The molecule has 0 saturated heterocycles. The Morgan fingerprint density at radius 2 is 1.69 bits per heavy atom. The Morgan fingerprint density at radius 3 is 2.40 bits per heavy atom. The van der Waals surface area contributed by atoms with Crippen LogP contribution in [0.5, 0.6) is 0 Å². The van der Waals surface area contributed by atoms with Gasteiger partial charge in [0.05, 0.1) is 12.7 Å². The van der Waals surface area contributed by atoms with Gasteiger partial charge in [-0.05, 0) is 41.3 Å². The highest BCUT2D eigenvalue weighted by Crippen LogP contribution is 2.32. The summed E-state index contributed by atoms with van der Waals surface area (Å²) in [5.74, 6) is -0.477. The van der Waals surface area contributed by atoms with Crippen molar-refractivity contribution in [2.75, 3.05) is 7.11 Å². The number of esters is 1. The maximum atomic E-state index is 13.4. The number of aromatic nitrogens is 1. The van der Waals surface area contributed by atoms with Gasteiger partial charge in [-0.15, -0.1) is 12.4 Å². The summed E-state index contributed by atoms with van der Waals surface area (Å²) < 4.78 is 45.3. The molecule has 1 heterocycles. The van der Waals surface area contributed by atoms with Crippen molar-refractivity contribution in [3.05, 3.63) is 107 Å². The lowest BCUT2D eigenvalue weighted by Crippen LogP contribution is -2.42. The summed E-state index contributed by atoms with van der Waals surface area (Å²) in [7, 11) is 1.31. The highest BCUT2D eigenvalue weighted by atomic mass is 35.5. The highest BCUT2D eigenvalue weighted by Gasteiger charge is 2.32. The maximum absolute atomic E-state index is 13.4. The third-order valence-electron chi connectivity index (χ3n) is 5.89. The number of H-pyrrole nitrogens is 1. The van der Waals surface area contributed by atoms with Gasteiger partial charge in [0.1, 0.15) is 6.04 Å². The van der Waals surface area contributed by atoms with Gasteiger partial charge in [0.2, 0.25) is 0 Å². The number of halogens is 4. The van der Waals surface area contributed by atoms with E-state index in [2.05, 4.69) is 10.3 Å². The molecule has 4 nitrogen and oxygen atoms in total. The molecule has 0 saturated carbocycles. The molecule has 0 aliphatic heterocycles. The topological polar surface area (TPSA) is 54.1 Å². The summed E-state index contributed by atoms with van der Waals surface area (Å²) in [5, 5.41) is 4.28. The van der Waals surface area contributed by atoms with Gasteiger partial charge in [0.25, 0.3) is 0 Å². The third kappa shape index (κ3) is 6.44. The molecule has 3 aromatic carbocycles. The zero-order chi connectivity index (χ0) is 24.1. The van der Waals surface area contributed by atoms with E-state index < -0.39 is 29.8 Å². The van der Waals surface area contributed by atoms with Crippen LogP contribution in [-0.2, 0) is 28.5 Å². The smallest absolute Gasteiger partial charge is 0.416 e. The maximum Gasteiger partial charge on any atom is 0.416 e. The fourth-order valence-corrected chi connectivity index (χ4v) is 4.17. The van der Waals surface area contributed by atoms with E-state index in [-0.39, 0.29) is 12.4 Å². The minimum absolute atomic E-state index is 0. The molecule has 184 valence electrons. The molecular weight excluding hydrogens is 477 g/mol. The normalized spacial score (nSPS) is 13.1. The van der Waals surface area contributed by atoms with Crippen LogP contribution in [0.15, 0.2) is 85.1 Å². The van der Waals surface area contributed by atoms with Crippen LogP contribution in [0, 0.1) is 0 Å². The molecule has 0 spiro atoms. The second kappa shape index (κ2) is 11.4. The van der Waals surface area contributed by atoms with Gasteiger partial charge in [-0.1, -0.05) is 60.7 Å². The van der Waals surface area contributed by atoms with Crippen molar-refractivity contribution in [3.8, 4) is 0 Å². The molecule has 8 heteroatoms. The van der Waals surface area contributed by atoms with Crippen molar-refractivity contribution in [3.63, 3.8) is 0 Å². The summed E-state index contributed by atoms with van der Waals surface area (Å²) in [5.41, 5.74) is 2.52. The van der Waals surface area contributed by atoms with Crippen LogP contribution in [0.4, 0.5) is 13.2 Å². The molecular formula is C27H26ClF3N2O2. The lowest BCUT2D eigenvalue weighted by atomic mass is 9.95. The average Bonchev–Trinajstić information content (AvgIpc) is 3.25. The summed E-state index contributed by atoms with van der Waals surface area (Å²) in [6.07, 6.45) is -1.89. The number of nitrogens with one attached hydrogen (secondary N) is 2. The van der Waals surface area contributed by atoms with Gasteiger partial charge in [-0.3, -0.25) is 10.1 Å². The van der Waals surface area contributed by atoms with Gasteiger partial charge >= 0.3 is 12.1 Å². The Morgan fingerprint density at radius 1 is 0.971 bits per heavy atom. The summed E-state index contributed by atoms with van der Waals surface area (Å²) in [6, 6.07) is 21.1. The molecule has 0 aliphatic carbocycles. The van der Waals surface area contributed by atoms with Crippen LogP contribution in [0.2, 0.25) is 0 Å². The minimum atomic E-state index is -4.46. The molecule has 35 heavy (non-hydrogen) atoms. The zero-order valence-electron chi connectivity index (χ0n) is 19.0. The Hall–Kier alpha value is -3.29. The number of hydrogen-bond acceptors (Lipinski definition) is 3. The molecule has 0 radical (unpaired) electrons. The van der Waals surface area contributed by atoms with E-state index in [4.69, 9.17) is 4.74 Å². The Labute approximate surface area is 207 Å². The molecule has 2 atom stereocenters.